The molecule has 9 nitrogen and oxygen atoms in total. The highest BCUT2D eigenvalue weighted by Gasteiger charge is 2.22. The molecule has 0 spiro atoms. The van der Waals surface area contributed by atoms with Gasteiger partial charge in [0.1, 0.15) is 19.8 Å². The summed E-state index contributed by atoms with van der Waals surface area (Å²) in [5, 5.41) is 0. The molecule has 0 saturated carbocycles. The molecule has 0 aromatic heterocycles. The number of carbonyl (C=O) groups is 2. The fourth-order valence-electron chi connectivity index (χ4n) is 10.8. The highest BCUT2D eigenvalue weighted by molar-refractivity contribution is 7.45. The van der Waals surface area contributed by atoms with Crippen molar-refractivity contribution in [1.82, 2.24) is 0 Å². The van der Waals surface area contributed by atoms with E-state index in [9.17, 15) is 19.0 Å². The minimum absolute atomic E-state index is 0.0248. The number of hydrogen-bond donors (Lipinski definition) is 0. The molecule has 0 aliphatic rings. The molecule has 10 heteroatoms. The molecule has 0 aromatic carbocycles. The van der Waals surface area contributed by atoms with Gasteiger partial charge in [0.15, 0.2) is 6.10 Å². The van der Waals surface area contributed by atoms with Crippen LogP contribution in [0.3, 0.4) is 0 Å². The monoisotopic (exact) mass is 1130 g/mol. The summed E-state index contributed by atoms with van der Waals surface area (Å²) < 4.78 is 34.3. The molecule has 2 unspecified atom stereocenters. The van der Waals surface area contributed by atoms with Gasteiger partial charge in [0.2, 0.25) is 0 Å². The molecule has 0 aromatic rings. The topological polar surface area (TPSA) is 111 Å². The zero-order chi connectivity index (χ0) is 57.0. The van der Waals surface area contributed by atoms with Crippen LogP contribution in [0, 0.1) is 0 Å². The van der Waals surface area contributed by atoms with E-state index in [4.69, 9.17) is 18.5 Å². The van der Waals surface area contributed by atoms with Crippen LogP contribution in [0.25, 0.3) is 0 Å². The normalized spacial score (nSPS) is 13.1. The first-order chi connectivity index (χ1) is 38.0. The molecule has 0 radical (unpaired) electrons. The Morgan fingerprint density at radius 1 is 0.346 bits per heavy atom. The lowest BCUT2D eigenvalue weighted by Crippen LogP contribution is -2.37. The van der Waals surface area contributed by atoms with Gasteiger partial charge >= 0.3 is 11.9 Å². The predicted molar refractivity (Wildman–Crippen MR) is 333 cm³/mol. The van der Waals surface area contributed by atoms with Gasteiger partial charge in [-0.15, -0.1) is 0 Å². The van der Waals surface area contributed by atoms with E-state index in [2.05, 4.69) is 13.8 Å². The maximum absolute atomic E-state index is 12.9. The number of ether oxygens (including phenoxy) is 2. The van der Waals surface area contributed by atoms with Crippen LogP contribution in [-0.4, -0.2) is 70.0 Å². The first-order valence-corrected chi connectivity index (χ1v) is 36.2. The minimum Gasteiger partial charge on any atom is -0.756 e. The van der Waals surface area contributed by atoms with Gasteiger partial charge in [-0.2, -0.15) is 0 Å². The zero-order valence-corrected chi connectivity index (χ0v) is 54.1. The summed E-state index contributed by atoms with van der Waals surface area (Å²) in [7, 11) is 1.20. The van der Waals surface area contributed by atoms with Crippen LogP contribution in [0.2, 0.25) is 0 Å². The number of phosphoric acid groups is 1. The highest BCUT2D eigenvalue weighted by atomic mass is 31.2. The Bertz CT molecular complexity index is 1280. The van der Waals surface area contributed by atoms with Crippen molar-refractivity contribution in [2.45, 2.75) is 380 Å². The number of nitrogens with zero attached hydrogens (tertiary/aromatic N) is 1. The second-order valence-corrected chi connectivity index (χ2v) is 26.7. The lowest BCUT2D eigenvalue weighted by molar-refractivity contribution is -0.870. The standard InChI is InChI=1S/C68H136NO8P/c1-6-8-10-12-14-16-18-20-22-24-26-28-30-32-33-34-35-37-39-41-43-45-47-49-51-53-55-57-59-61-68(71)77-66(65-76-78(72,73)75-63-62-69(3,4)5)64-74-67(70)60-58-56-54-52-50-48-46-44-42-40-38-36-31-29-27-25-23-21-19-17-15-13-11-9-7-2/h66H,6-65H2,1-5H3. The van der Waals surface area contributed by atoms with Gasteiger partial charge in [-0.1, -0.05) is 348 Å². The van der Waals surface area contributed by atoms with Gasteiger partial charge in [0.25, 0.3) is 7.82 Å². The Hall–Kier alpha value is -0.990. The molecular formula is C68H136NO8P. The Morgan fingerprint density at radius 2 is 0.577 bits per heavy atom. The quantitative estimate of drug-likeness (QED) is 0.0256. The van der Waals surface area contributed by atoms with Gasteiger partial charge in [-0.3, -0.25) is 14.2 Å². The summed E-state index contributed by atoms with van der Waals surface area (Å²) in [4.78, 5) is 38.0. The van der Waals surface area contributed by atoms with Crippen LogP contribution in [0.1, 0.15) is 373 Å². The van der Waals surface area contributed by atoms with Crippen LogP contribution in [-0.2, 0) is 32.7 Å². The first-order valence-electron chi connectivity index (χ1n) is 34.7. The molecule has 2 atom stereocenters. The van der Waals surface area contributed by atoms with Crippen LogP contribution in [0.5, 0.6) is 0 Å². The fourth-order valence-corrected chi connectivity index (χ4v) is 11.5. The number of carbonyl (C=O) groups excluding carboxylic acids is 2. The third-order valence-electron chi connectivity index (χ3n) is 16.1. The predicted octanol–water partition coefficient (Wildman–Crippen LogP) is 21.5. The molecule has 0 bridgehead atoms. The van der Waals surface area contributed by atoms with E-state index in [1.807, 2.05) is 21.1 Å². The Kier molecular flexibility index (Phi) is 59.8. The van der Waals surface area contributed by atoms with Gasteiger partial charge in [-0.25, -0.2) is 0 Å². The summed E-state index contributed by atoms with van der Waals surface area (Å²) in [6.07, 6.45) is 71.9. The van der Waals surface area contributed by atoms with E-state index in [-0.39, 0.29) is 32.0 Å². The van der Waals surface area contributed by atoms with Crippen molar-refractivity contribution in [2.24, 2.45) is 0 Å². The molecule has 0 heterocycles. The van der Waals surface area contributed by atoms with Gasteiger partial charge in [0, 0.05) is 12.8 Å². The Morgan fingerprint density at radius 3 is 0.821 bits per heavy atom. The van der Waals surface area contributed by atoms with E-state index in [1.165, 1.54) is 308 Å². The summed E-state index contributed by atoms with van der Waals surface area (Å²) in [5.74, 6) is -0.804. The number of likely N-dealkylation sites (N-methyl/N-ethyl adjacent to an activating group) is 1. The number of hydrogen-bond acceptors (Lipinski definition) is 8. The molecule has 0 N–H and O–H groups in total. The minimum atomic E-state index is -4.63. The lowest BCUT2D eigenvalue weighted by Gasteiger charge is -2.28. The Labute approximate surface area is 486 Å². The number of rotatable bonds is 66. The maximum atomic E-state index is 12.9. The highest BCUT2D eigenvalue weighted by Crippen LogP contribution is 2.38. The average molecular weight is 1130 g/mol. The smallest absolute Gasteiger partial charge is 0.306 e. The molecular weight excluding hydrogens is 990 g/mol. The van der Waals surface area contributed by atoms with Crippen LogP contribution >= 0.6 is 7.82 Å². The van der Waals surface area contributed by atoms with E-state index in [0.29, 0.717) is 17.4 Å². The molecule has 466 valence electrons. The van der Waals surface area contributed by atoms with Crippen molar-refractivity contribution >= 4 is 19.8 Å². The third kappa shape index (κ3) is 64.2. The lowest BCUT2D eigenvalue weighted by atomic mass is 10.0. The van der Waals surface area contributed by atoms with Crippen LogP contribution < -0.4 is 4.89 Å². The zero-order valence-electron chi connectivity index (χ0n) is 53.2. The molecule has 0 saturated heterocycles. The fraction of sp³-hybridized carbons (Fsp3) is 0.971. The summed E-state index contributed by atoms with van der Waals surface area (Å²) in [6.45, 7) is 4.34. The molecule has 0 fully saturated rings. The number of phosphoric ester groups is 1. The second-order valence-electron chi connectivity index (χ2n) is 25.3. The van der Waals surface area contributed by atoms with E-state index in [1.54, 1.807) is 0 Å². The second kappa shape index (κ2) is 60.6. The first kappa shape index (κ1) is 77.0. The summed E-state index contributed by atoms with van der Waals surface area (Å²) >= 11 is 0. The van der Waals surface area contributed by atoms with Crippen molar-refractivity contribution in [3.63, 3.8) is 0 Å². The SMILES string of the molecule is CCCCCCCCCCCCCCCCCCCCCCCCCCCCCCCC(=O)OC(COC(=O)CCCCCCCCCCCCCCCCCCCCCCCCCCC)COP(=O)([O-])OCC[N+](C)(C)C. The van der Waals surface area contributed by atoms with Crippen LogP contribution in [0.4, 0.5) is 0 Å². The molecule has 0 aliphatic heterocycles. The van der Waals surface area contributed by atoms with Crippen molar-refractivity contribution in [3.05, 3.63) is 0 Å². The van der Waals surface area contributed by atoms with Crippen molar-refractivity contribution in [1.29, 1.82) is 0 Å². The van der Waals surface area contributed by atoms with Crippen molar-refractivity contribution < 1.29 is 42.1 Å². The molecule has 0 aliphatic carbocycles. The van der Waals surface area contributed by atoms with Crippen molar-refractivity contribution in [3.8, 4) is 0 Å². The van der Waals surface area contributed by atoms with Crippen molar-refractivity contribution in [2.75, 3.05) is 47.5 Å². The molecule has 0 amide bonds. The third-order valence-corrected chi connectivity index (χ3v) is 17.1. The van der Waals surface area contributed by atoms with Gasteiger partial charge in [-0.05, 0) is 12.8 Å². The maximum Gasteiger partial charge on any atom is 0.306 e. The largest absolute Gasteiger partial charge is 0.756 e. The van der Waals surface area contributed by atoms with E-state index >= 15 is 0 Å². The average Bonchev–Trinajstić information content (AvgIpc) is 3.41. The number of quaternary nitrogens is 1. The number of esters is 2. The van der Waals surface area contributed by atoms with E-state index < -0.39 is 26.5 Å². The number of unbranched alkanes of at least 4 members (excludes halogenated alkanes) is 52. The summed E-state index contributed by atoms with van der Waals surface area (Å²) in [6, 6.07) is 0. The van der Waals surface area contributed by atoms with Crippen LogP contribution in [0.15, 0.2) is 0 Å². The summed E-state index contributed by atoms with van der Waals surface area (Å²) in [5.41, 5.74) is 0. The molecule has 78 heavy (non-hydrogen) atoms. The Balaban J connectivity index is 3.98. The van der Waals surface area contributed by atoms with Gasteiger partial charge in [0.05, 0.1) is 27.7 Å². The van der Waals surface area contributed by atoms with E-state index in [0.717, 1.165) is 32.1 Å². The molecule has 0 rings (SSSR count). The van der Waals surface area contributed by atoms with Gasteiger partial charge < -0.3 is 27.9 Å².